The molecule has 1 spiro atoms. The zero-order valence-corrected chi connectivity index (χ0v) is 15.0. The Morgan fingerprint density at radius 3 is 2.54 bits per heavy atom. The quantitative estimate of drug-likeness (QED) is 0.860. The topological polar surface area (TPSA) is 79.2 Å². The lowest BCUT2D eigenvalue weighted by atomic mass is 9.77. The van der Waals surface area contributed by atoms with Gasteiger partial charge in [0.05, 0.1) is 19.8 Å². The smallest absolute Gasteiger partial charge is 0.192 e. The predicted molar refractivity (Wildman–Crippen MR) is 95.4 cm³/mol. The van der Waals surface area contributed by atoms with Gasteiger partial charge in [0.2, 0.25) is 0 Å². The number of aromatic hydroxyl groups is 2. The summed E-state index contributed by atoms with van der Waals surface area (Å²) in [5, 5.41) is 20.4. The SMILES string of the molecule is COc1cc2c(cc1O)C1(Cc3ccc(O)c(OC)c3C1=O)N(C)CC2. The van der Waals surface area contributed by atoms with Crippen molar-refractivity contribution in [2.24, 2.45) is 0 Å². The maximum atomic E-state index is 13.6. The second-order valence-corrected chi connectivity index (χ2v) is 6.87. The highest BCUT2D eigenvalue weighted by atomic mass is 16.5. The minimum atomic E-state index is -0.916. The normalized spacial score (nSPS) is 21.6. The third-order valence-electron chi connectivity index (χ3n) is 5.69. The van der Waals surface area contributed by atoms with Crippen LogP contribution in [0.1, 0.15) is 27.0 Å². The van der Waals surface area contributed by atoms with E-state index in [1.165, 1.54) is 14.2 Å². The Kier molecular flexibility index (Phi) is 3.63. The van der Waals surface area contributed by atoms with E-state index in [0.29, 0.717) is 24.3 Å². The first-order valence-electron chi connectivity index (χ1n) is 8.49. The largest absolute Gasteiger partial charge is 0.504 e. The lowest BCUT2D eigenvalue weighted by Gasteiger charge is -2.43. The Balaban J connectivity index is 1.96. The number of hydrogen-bond acceptors (Lipinski definition) is 6. The fourth-order valence-electron chi connectivity index (χ4n) is 4.35. The summed E-state index contributed by atoms with van der Waals surface area (Å²) in [6.45, 7) is 0.703. The van der Waals surface area contributed by atoms with Gasteiger partial charge in [0.1, 0.15) is 5.54 Å². The molecule has 0 aromatic heterocycles. The summed E-state index contributed by atoms with van der Waals surface area (Å²) < 4.78 is 10.5. The van der Waals surface area contributed by atoms with Gasteiger partial charge in [0.15, 0.2) is 28.8 Å². The van der Waals surface area contributed by atoms with Crippen molar-refractivity contribution in [3.63, 3.8) is 0 Å². The minimum absolute atomic E-state index is 0.0134. The van der Waals surface area contributed by atoms with Crippen LogP contribution in [0.4, 0.5) is 0 Å². The number of Topliss-reactive ketones (excluding diaryl/α,β-unsaturated/α-hetero) is 1. The van der Waals surface area contributed by atoms with Gasteiger partial charge in [-0.05, 0) is 48.4 Å². The molecule has 2 aliphatic rings. The molecular weight excluding hydrogens is 334 g/mol. The Morgan fingerprint density at radius 2 is 1.85 bits per heavy atom. The van der Waals surface area contributed by atoms with Crippen molar-refractivity contribution < 1.29 is 24.5 Å². The lowest BCUT2D eigenvalue weighted by molar-refractivity contribution is 0.0613. The number of methoxy groups -OCH3 is 2. The number of carbonyl (C=O) groups is 1. The van der Waals surface area contributed by atoms with Crippen molar-refractivity contribution in [3.05, 3.63) is 46.5 Å². The zero-order valence-electron chi connectivity index (χ0n) is 15.0. The molecule has 0 radical (unpaired) electrons. The number of nitrogens with zero attached hydrogens (tertiary/aromatic N) is 1. The molecule has 1 atom stereocenters. The van der Waals surface area contributed by atoms with E-state index in [1.807, 2.05) is 18.0 Å². The number of ketones is 1. The second kappa shape index (κ2) is 5.64. The van der Waals surface area contributed by atoms with Crippen molar-refractivity contribution in [2.45, 2.75) is 18.4 Å². The highest BCUT2D eigenvalue weighted by Gasteiger charge is 2.54. The summed E-state index contributed by atoms with van der Waals surface area (Å²) in [6.07, 6.45) is 1.23. The van der Waals surface area contributed by atoms with E-state index in [2.05, 4.69) is 0 Å². The number of fused-ring (bicyclic) bond motifs is 3. The van der Waals surface area contributed by atoms with Gasteiger partial charge < -0.3 is 19.7 Å². The summed E-state index contributed by atoms with van der Waals surface area (Å²) in [5.41, 5.74) is 2.11. The summed E-state index contributed by atoms with van der Waals surface area (Å²) in [6, 6.07) is 6.77. The molecule has 6 nitrogen and oxygen atoms in total. The van der Waals surface area contributed by atoms with Crippen LogP contribution in [-0.4, -0.2) is 48.7 Å². The Labute approximate surface area is 151 Å². The Hall–Kier alpha value is -2.73. The van der Waals surface area contributed by atoms with Crippen LogP contribution < -0.4 is 9.47 Å². The van der Waals surface area contributed by atoms with Gasteiger partial charge in [0.25, 0.3) is 0 Å². The van der Waals surface area contributed by atoms with Crippen LogP contribution >= 0.6 is 0 Å². The molecule has 26 heavy (non-hydrogen) atoms. The van der Waals surface area contributed by atoms with Gasteiger partial charge in [-0.2, -0.15) is 0 Å². The molecule has 0 saturated carbocycles. The van der Waals surface area contributed by atoms with Gasteiger partial charge in [-0.1, -0.05) is 6.07 Å². The minimum Gasteiger partial charge on any atom is -0.504 e. The van der Waals surface area contributed by atoms with E-state index in [9.17, 15) is 15.0 Å². The molecule has 1 unspecified atom stereocenters. The summed E-state index contributed by atoms with van der Waals surface area (Å²) in [5.74, 6) is 0.463. The van der Waals surface area contributed by atoms with E-state index >= 15 is 0 Å². The number of carbonyl (C=O) groups excluding carboxylic acids is 1. The molecule has 4 rings (SSSR count). The number of hydrogen-bond donors (Lipinski definition) is 2. The first kappa shape index (κ1) is 16.7. The fraction of sp³-hybridized carbons (Fsp3) is 0.350. The van der Waals surface area contributed by atoms with Crippen LogP contribution in [0.15, 0.2) is 24.3 Å². The third-order valence-corrected chi connectivity index (χ3v) is 5.69. The molecule has 1 heterocycles. The van der Waals surface area contributed by atoms with Gasteiger partial charge in [-0.3, -0.25) is 9.69 Å². The average Bonchev–Trinajstić information content (AvgIpc) is 2.93. The van der Waals surface area contributed by atoms with Gasteiger partial charge in [-0.25, -0.2) is 0 Å². The third kappa shape index (κ3) is 1.99. The lowest BCUT2D eigenvalue weighted by Crippen LogP contribution is -2.52. The molecule has 0 amide bonds. The number of phenols is 2. The Morgan fingerprint density at radius 1 is 1.08 bits per heavy atom. The van der Waals surface area contributed by atoms with Gasteiger partial charge in [0, 0.05) is 13.0 Å². The average molecular weight is 355 g/mol. The molecular formula is C20H21NO5. The van der Waals surface area contributed by atoms with Crippen LogP contribution in [0.2, 0.25) is 0 Å². The standard InChI is InChI=1S/C20H21NO5/c1-21-7-6-11-8-16(25-2)15(23)9-13(11)20(21)10-12-4-5-14(22)18(26-3)17(12)19(20)24/h4-5,8-9,22-23H,6-7,10H2,1-3H3. The van der Waals surface area contributed by atoms with Crippen molar-refractivity contribution in [3.8, 4) is 23.0 Å². The van der Waals surface area contributed by atoms with E-state index in [4.69, 9.17) is 9.47 Å². The number of rotatable bonds is 2. The maximum absolute atomic E-state index is 13.6. The zero-order chi connectivity index (χ0) is 18.6. The van der Waals surface area contributed by atoms with E-state index in [-0.39, 0.29) is 23.0 Å². The first-order valence-corrected chi connectivity index (χ1v) is 8.49. The summed E-state index contributed by atoms with van der Waals surface area (Å²) >= 11 is 0. The van der Waals surface area contributed by atoms with Crippen LogP contribution in [0.3, 0.4) is 0 Å². The van der Waals surface area contributed by atoms with Gasteiger partial charge in [-0.15, -0.1) is 0 Å². The van der Waals surface area contributed by atoms with Crippen LogP contribution in [0.5, 0.6) is 23.0 Å². The fourth-order valence-corrected chi connectivity index (χ4v) is 4.35. The van der Waals surface area contributed by atoms with Gasteiger partial charge >= 0.3 is 0 Å². The van der Waals surface area contributed by atoms with Crippen LogP contribution in [0, 0.1) is 0 Å². The van der Waals surface area contributed by atoms with E-state index in [1.54, 1.807) is 18.2 Å². The van der Waals surface area contributed by atoms with Crippen molar-refractivity contribution in [2.75, 3.05) is 27.8 Å². The summed E-state index contributed by atoms with van der Waals surface area (Å²) in [4.78, 5) is 15.6. The Bertz CT molecular complexity index is 923. The highest BCUT2D eigenvalue weighted by molar-refractivity contribution is 6.11. The second-order valence-electron chi connectivity index (χ2n) is 6.87. The molecule has 0 saturated heterocycles. The molecule has 1 aliphatic carbocycles. The van der Waals surface area contributed by atoms with Crippen molar-refractivity contribution in [1.82, 2.24) is 4.90 Å². The van der Waals surface area contributed by atoms with E-state index in [0.717, 1.165) is 23.1 Å². The monoisotopic (exact) mass is 355 g/mol. The predicted octanol–water partition coefficient (Wildman–Crippen LogP) is 2.24. The number of likely N-dealkylation sites (N-methyl/N-ethyl adjacent to an activating group) is 1. The molecule has 1 aliphatic heterocycles. The molecule has 0 bridgehead atoms. The molecule has 2 aromatic rings. The molecule has 2 aromatic carbocycles. The molecule has 2 N–H and O–H groups in total. The van der Waals surface area contributed by atoms with E-state index < -0.39 is 5.54 Å². The summed E-state index contributed by atoms with van der Waals surface area (Å²) in [7, 11) is 4.87. The first-order chi connectivity index (χ1) is 12.4. The van der Waals surface area contributed by atoms with Crippen LogP contribution in [0.25, 0.3) is 0 Å². The number of phenolic OH excluding ortho intramolecular Hbond substituents is 2. The van der Waals surface area contributed by atoms with Crippen LogP contribution in [-0.2, 0) is 18.4 Å². The molecule has 6 heteroatoms. The van der Waals surface area contributed by atoms with Crippen molar-refractivity contribution >= 4 is 5.78 Å². The molecule has 136 valence electrons. The highest BCUT2D eigenvalue weighted by Crippen LogP contribution is 2.51. The molecule has 0 fully saturated rings. The maximum Gasteiger partial charge on any atom is 0.192 e. The number of benzene rings is 2. The number of ether oxygens (including phenoxy) is 2. The van der Waals surface area contributed by atoms with Crippen molar-refractivity contribution in [1.29, 1.82) is 0 Å².